The molecule has 0 bridgehead atoms. The molecular formula is C9H11NO. The molecule has 1 rings (SSSR count). The van der Waals surface area contributed by atoms with Crippen LogP contribution in [0.15, 0.2) is 16.7 Å². The number of nitrogens with two attached hydrogens (primary N) is 1. The molecule has 0 aliphatic rings. The summed E-state index contributed by atoms with van der Waals surface area (Å²) >= 11 is 0. The Morgan fingerprint density at radius 2 is 2.55 bits per heavy atom. The van der Waals surface area contributed by atoms with E-state index in [2.05, 4.69) is 5.92 Å². The SMILES string of the molecule is C#CCC(N)c1occc1C. The Balaban J connectivity index is 2.77. The summed E-state index contributed by atoms with van der Waals surface area (Å²) in [5.74, 6) is 3.29. The van der Waals surface area contributed by atoms with Gasteiger partial charge in [-0.15, -0.1) is 12.3 Å². The number of furan rings is 1. The van der Waals surface area contributed by atoms with Crippen molar-refractivity contribution < 1.29 is 4.42 Å². The van der Waals surface area contributed by atoms with Crippen molar-refractivity contribution in [3.8, 4) is 12.3 Å². The van der Waals surface area contributed by atoms with E-state index >= 15 is 0 Å². The molecule has 1 aromatic heterocycles. The Hall–Kier alpha value is -1.20. The van der Waals surface area contributed by atoms with Crippen molar-refractivity contribution in [3.05, 3.63) is 23.7 Å². The van der Waals surface area contributed by atoms with Crippen molar-refractivity contribution in [3.63, 3.8) is 0 Å². The van der Waals surface area contributed by atoms with Crippen LogP contribution in [0.5, 0.6) is 0 Å². The molecule has 0 aliphatic heterocycles. The smallest absolute Gasteiger partial charge is 0.124 e. The van der Waals surface area contributed by atoms with E-state index in [0.717, 1.165) is 11.3 Å². The van der Waals surface area contributed by atoms with Crippen LogP contribution in [0.4, 0.5) is 0 Å². The van der Waals surface area contributed by atoms with Crippen molar-refractivity contribution in [2.24, 2.45) is 5.73 Å². The van der Waals surface area contributed by atoms with Gasteiger partial charge < -0.3 is 10.2 Å². The van der Waals surface area contributed by atoms with E-state index in [-0.39, 0.29) is 6.04 Å². The molecule has 11 heavy (non-hydrogen) atoms. The summed E-state index contributed by atoms with van der Waals surface area (Å²) in [5.41, 5.74) is 6.78. The fraction of sp³-hybridized carbons (Fsp3) is 0.333. The molecule has 0 amide bonds. The van der Waals surface area contributed by atoms with Gasteiger partial charge in [0.25, 0.3) is 0 Å². The first-order valence-electron chi connectivity index (χ1n) is 3.48. The third-order valence-electron chi connectivity index (χ3n) is 1.58. The first-order chi connectivity index (χ1) is 5.25. The van der Waals surface area contributed by atoms with Crippen LogP contribution in [0.3, 0.4) is 0 Å². The van der Waals surface area contributed by atoms with Gasteiger partial charge in [0.1, 0.15) is 5.76 Å². The van der Waals surface area contributed by atoms with Crippen LogP contribution in [0.1, 0.15) is 23.8 Å². The minimum Gasteiger partial charge on any atom is -0.467 e. The predicted octanol–water partition coefficient (Wildman–Crippen LogP) is 1.61. The van der Waals surface area contributed by atoms with Crippen LogP contribution in [0, 0.1) is 19.3 Å². The van der Waals surface area contributed by atoms with Gasteiger partial charge in [-0.25, -0.2) is 0 Å². The average Bonchev–Trinajstić information content (AvgIpc) is 2.36. The maximum absolute atomic E-state index is 5.71. The van der Waals surface area contributed by atoms with E-state index in [1.54, 1.807) is 6.26 Å². The highest BCUT2D eigenvalue weighted by Gasteiger charge is 2.09. The van der Waals surface area contributed by atoms with E-state index in [0.29, 0.717) is 6.42 Å². The molecule has 0 radical (unpaired) electrons. The lowest BCUT2D eigenvalue weighted by Gasteiger charge is -2.04. The van der Waals surface area contributed by atoms with Crippen LogP contribution in [0.2, 0.25) is 0 Å². The second kappa shape index (κ2) is 3.27. The summed E-state index contributed by atoms with van der Waals surface area (Å²) in [7, 11) is 0. The molecule has 1 heterocycles. The Morgan fingerprint density at radius 1 is 1.82 bits per heavy atom. The molecule has 2 nitrogen and oxygen atoms in total. The zero-order valence-electron chi connectivity index (χ0n) is 6.50. The number of hydrogen-bond acceptors (Lipinski definition) is 2. The number of terminal acetylenes is 1. The van der Waals surface area contributed by atoms with Gasteiger partial charge in [-0.05, 0) is 18.6 Å². The van der Waals surface area contributed by atoms with Gasteiger partial charge >= 0.3 is 0 Å². The van der Waals surface area contributed by atoms with Crippen molar-refractivity contribution >= 4 is 0 Å². The Bertz CT molecular complexity index is 269. The highest BCUT2D eigenvalue weighted by molar-refractivity contribution is 5.18. The molecule has 1 unspecified atom stereocenters. The summed E-state index contributed by atoms with van der Waals surface area (Å²) in [4.78, 5) is 0. The van der Waals surface area contributed by atoms with Crippen LogP contribution >= 0.6 is 0 Å². The second-order valence-electron chi connectivity index (χ2n) is 2.48. The monoisotopic (exact) mass is 149 g/mol. The van der Waals surface area contributed by atoms with Gasteiger partial charge in [0, 0.05) is 6.42 Å². The third-order valence-corrected chi connectivity index (χ3v) is 1.58. The first kappa shape index (κ1) is 7.90. The molecule has 2 heteroatoms. The van der Waals surface area contributed by atoms with Gasteiger partial charge in [0.05, 0.1) is 12.3 Å². The molecule has 0 fully saturated rings. The number of rotatable bonds is 2. The molecule has 0 saturated carbocycles. The summed E-state index contributed by atoms with van der Waals surface area (Å²) in [5, 5.41) is 0. The van der Waals surface area contributed by atoms with Crippen LogP contribution in [-0.2, 0) is 0 Å². The lowest BCUT2D eigenvalue weighted by molar-refractivity contribution is 0.466. The average molecular weight is 149 g/mol. The van der Waals surface area contributed by atoms with Crippen LogP contribution in [-0.4, -0.2) is 0 Å². The summed E-state index contributed by atoms with van der Waals surface area (Å²) in [6, 6.07) is 1.72. The third kappa shape index (κ3) is 1.63. The van der Waals surface area contributed by atoms with Gasteiger partial charge in [0.2, 0.25) is 0 Å². The quantitative estimate of drug-likeness (QED) is 0.649. The Kier molecular flexibility index (Phi) is 2.35. The van der Waals surface area contributed by atoms with Crippen LogP contribution in [0.25, 0.3) is 0 Å². The van der Waals surface area contributed by atoms with Crippen molar-refractivity contribution in [1.82, 2.24) is 0 Å². The Labute approximate surface area is 66.4 Å². The summed E-state index contributed by atoms with van der Waals surface area (Å²) < 4.78 is 5.16. The van der Waals surface area contributed by atoms with E-state index in [1.807, 2.05) is 13.0 Å². The maximum Gasteiger partial charge on any atom is 0.124 e. The maximum atomic E-state index is 5.71. The first-order valence-corrected chi connectivity index (χ1v) is 3.48. The Morgan fingerprint density at radius 3 is 3.00 bits per heavy atom. The zero-order chi connectivity index (χ0) is 8.27. The normalized spacial score (nSPS) is 12.5. The predicted molar refractivity (Wildman–Crippen MR) is 43.8 cm³/mol. The number of hydrogen-bond donors (Lipinski definition) is 1. The summed E-state index contributed by atoms with van der Waals surface area (Å²) in [6.45, 7) is 1.95. The zero-order valence-corrected chi connectivity index (χ0v) is 6.50. The molecule has 0 aliphatic carbocycles. The molecular weight excluding hydrogens is 138 g/mol. The highest BCUT2D eigenvalue weighted by Crippen LogP contribution is 2.18. The van der Waals surface area contributed by atoms with E-state index in [4.69, 9.17) is 16.6 Å². The number of aryl methyl sites for hydroxylation is 1. The van der Waals surface area contributed by atoms with Crippen LogP contribution < -0.4 is 5.73 Å². The molecule has 2 N–H and O–H groups in total. The highest BCUT2D eigenvalue weighted by atomic mass is 16.3. The lowest BCUT2D eigenvalue weighted by atomic mass is 10.1. The topological polar surface area (TPSA) is 39.2 Å². The fourth-order valence-corrected chi connectivity index (χ4v) is 0.984. The van der Waals surface area contributed by atoms with E-state index in [1.165, 1.54) is 0 Å². The van der Waals surface area contributed by atoms with Gasteiger partial charge in [0.15, 0.2) is 0 Å². The van der Waals surface area contributed by atoms with E-state index in [9.17, 15) is 0 Å². The minimum absolute atomic E-state index is 0.157. The van der Waals surface area contributed by atoms with Crippen molar-refractivity contribution in [1.29, 1.82) is 0 Å². The standard InChI is InChI=1S/C9H11NO/c1-3-4-8(10)9-7(2)5-6-11-9/h1,5-6,8H,4,10H2,2H3. The van der Waals surface area contributed by atoms with Gasteiger partial charge in [-0.3, -0.25) is 0 Å². The fourth-order valence-electron chi connectivity index (χ4n) is 0.984. The van der Waals surface area contributed by atoms with Crippen molar-refractivity contribution in [2.75, 3.05) is 0 Å². The van der Waals surface area contributed by atoms with E-state index < -0.39 is 0 Å². The lowest BCUT2D eigenvalue weighted by Crippen LogP contribution is -2.09. The second-order valence-corrected chi connectivity index (χ2v) is 2.48. The molecule has 0 spiro atoms. The minimum atomic E-state index is -0.157. The van der Waals surface area contributed by atoms with Crippen molar-refractivity contribution in [2.45, 2.75) is 19.4 Å². The molecule has 1 atom stereocenters. The molecule has 0 aromatic carbocycles. The molecule has 58 valence electrons. The van der Waals surface area contributed by atoms with Gasteiger partial charge in [-0.1, -0.05) is 0 Å². The molecule has 0 saturated heterocycles. The van der Waals surface area contributed by atoms with Gasteiger partial charge in [-0.2, -0.15) is 0 Å². The summed E-state index contributed by atoms with van der Waals surface area (Å²) in [6.07, 6.45) is 7.26. The largest absolute Gasteiger partial charge is 0.467 e. The molecule has 1 aromatic rings.